The molecule has 0 radical (unpaired) electrons. The van der Waals surface area contributed by atoms with Gasteiger partial charge < -0.3 is 5.32 Å². The second-order valence-corrected chi connectivity index (χ2v) is 8.20. The molecular weight excluding hydrogens is 415 g/mol. The summed E-state index contributed by atoms with van der Waals surface area (Å²) in [6.45, 7) is 0.376. The number of halogens is 2. The van der Waals surface area contributed by atoms with Crippen molar-refractivity contribution in [2.75, 3.05) is 17.8 Å². The van der Waals surface area contributed by atoms with Gasteiger partial charge in [0.15, 0.2) is 5.82 Å². The molecule has 1 N–H and O–H groups in total. The van der Waals surface area contributed by atoms with Gasteiger partial charge >= 0.3 is 0 Å². The molecule has 26 heavy (non-hydrogen) atoms. The van der Waals surface area contributed by atoms with E-state index in [4.69, 9.17) is 11.6 Å². The monoisotopic (exact) mass is 428 g/mol. The van der Waals surface area contributed by atoms with Crippen LogP contribution in [-0.4, -0.2) is 32.6 Å². The first-order chi connectivity index (χ1) is 12.5. The molecule has 0 saturated heterocycles. The largest absolute Gasteiger partial charge is 0.305 e. The number of aromatic nitrogens is 3. The van der Waals surface area contributed by atoms with Crippen molar-refractivity contribution in [3.63, 3.8) is 0 Å². The molecule has 0 spiro atoms. The van der Waals surface area contributed by atoms with Crippen LogP contribution < -0.4 is 5.32 Å². The number of nitrogens with zero attached hydrogens (tertiary/aromatic N) is 3. The van der Waals surface area contributed by atoms with Crippen molar-refractivity contribution in [1.29, 1.82) is 0 Å². The van der Waals surface area contributed by atoms with E-state index in [1.165, 1.54) is 47.2 Å². The predicted molar refractivity (Wildman–Crippen MR) is 106 cm³/mol. The molecule has 0 aliphatic heterocycles. The van der Waals surface area contributed by atoms with Crippen molar-refractivity contribution in [3.8, 4) is 0 Å². The predicted octanol–water partition coefficient (Wildman–Crippen LogP) is 4.88. The van der Waals surface area contributed by atoms with Crippen LogP contribution in [-0.2, 0) is 6.54 Å². The molecular formula is C16H14ClFN4OS3. The van der Waals surface area contributed by atoms with Crippen LogP contribution in [0, 0.1) is 5.82 Å². The molecule has 0 fully saturated rings. The third-order valence-corrected chi connectivity index (χ3v) is 6.56. The minimum Gasteiger partial charge on any atom is -0.305 e. The second-order valence-electron chi connectivity index (χ2n) is 5.15. The summed E-state index contributed by atoms with van der Waals surface area (Å²) in [5, 5.41) is 8.17. The van der Waals surface area contributed by atoms with Gasteiger partial charge in [-0.05, 0) is 41.7 Å². The van der Waals surface area contributed by atoms with Gasteiger partial charge in [0.2, 0.25) is 0 Å². The summed E-state index contributed by atoms with van der Waals surface area (Å²) < 4.78 is 19.9. The molecule has 0 saturated carbocycles. The summed E-state index contributed by atoms with van der Waals surface area (Å²) in [7, 11) is 0. The average Bonchev–Trinajstić information content (AvgIpc) is 3.23. The zero-order chi connectivity index (χ0) is 18.7. The molecule has 0 unspecified atom stereocenters. The van der Waals surface area contributed by atoms with Crippen LogP contribution in [0.3, 0.4) is 0 Å². The summed E-state index contributed by atoms with van der Waals surface area (Å²) in [6, 6.07) is 5.93. The van der Waals surface area contributed by atoms with Crippen molar-refractivity contribution in [1.82, 2.24) is 14.2 Å². The molecule has 10 heteroatoms. The summed E-state index contributed by atoms with van der Waals surface area (Å²) in [6.07, 6.45) is 5.53. The fourth-order valence-corrected chi connectivity index (χ4v) is 4.76. The number of hydrogen-bond acceptors (Lipinski definition) is 6. The Morgan fingerprint density at radius 3 is 2.85 bits per heavy atom. The maximum absolute atomic E-state index is 13.1. The van der Waals surface area contributed by atoms with E-state index in [9.17, 15) is 9.18 Å². The van der Waals surface area contributed by atoms with Gasteiger partial charge in [-0.1, -0.05) is 17.7 Å². The number of carbonyl (C=O) groups excluding carboxylic acids is 1. The van der Waals surface area contributed by atoms with Crippen LogP contribution in [0.15, 0.2) is 39.7 Å². The van der Waals surface area contributed by atoms with E-state index < -0.39 is 0 Å². The Bertz CT molecular complexity index is 922. The lowest BCUT2D eigenvalue weighted by molar-refractivity contribution is 0.102. The van der Waals surface area contributed by atoms with E-state index in [0.29, 0.717) is 28.0 Å². The van der Waals surface area contributed by atoms with Crippen molar-refractivity contribution < 1.29 is 9.18 Å². The van der Waals surface area contributed by atoms with Gasteiger partial charge in [-0.2, -0.15) is 9.47 Å². The number of rotatable bonds is 6. The Hall–Kier alpha value is -1.55. The smallest absolute Gasteiger partial charge is 0.261 e. The van der Waals surface area contributed by atoms with Crippen molar-refractivity contribution in [3.05, 3.63) is 52.4 Å². The fourth-order valence-electron chi connectivity index (χ4n) is 2.25. The van der Waals surface area contributed by atoms with Crippen molar-refractivity contribution in [2.24, 2.45) is 0 Å². The number of benzene rings is 1. The zero-order valence-electron chi connectivity index (χ0n) is 13.8. The van der Waals surface area contributed by atoms with E-state index in [1.54, 1.807) is 23.0 Å². The first-order valence-electron chi connectivity index (χ1n) is 7.38. The van der Waals surface area contributed by atoms with Crippen LogP contribution in [0.4, 0.5) is 10.2 Å². The Morgan fingerprint density at radius 1 is 1.35 bits per heavy atom. The lowest BCUT2D eigenvalue weighted by atomic mass is 10.2. The summed E-state index contributed by atoms with van der Waals surface area (Å²) in [5.41, 5.74) is 1.32. The number of nitrogens with one attached hydrogen (secondary N) is 1. The Labute approximate surface area is 167 Å². The molecule has 0 aliphatic carbocycles. The molecule has 2 aromatic heterocycles. The second kappa shape index (κ2) is 8.43. The highest BCUT2D eigenvalue weighted by Crippen LogP contribution is 2.33. The molecule has 1 amide bonds. The molecule has 2 heterocycles. The topological polar surface area (TPSA) is 59.8 Å². The maximum atomic E-state index is 13.1. The van der Waals surface area contributed by atoms with Gasteiger partial charge in [0, 0.05) is 17.3 Å². The van der Waals surface area contributed by atoms with Crippen LogP contribution in [0.2, 0.25) is 5.02 Å². The summed E-state index contributed by atoms with van der Waals surface area (Å²) in [5.74, 6) is -0.193. The first kappa shape index (κ1) is 19.2. The standard InChI is InChI=1S/C16H14ClFN4OS3/c1-24-15-13(16(25-2)26-21-15)14(23)19-12-5-6-22(20-12)8-9-3-4-10(18)7-11(9)17/h3-7H,8H2,1-2H3,(H,19,20,23). The zero-order valence-corrected chi connectivity index (χ0v) is 17.0. The molecule has 3 aromatic rings. The molecule has 0 bridgehead atoms. The van der Waals surface area contributed by atoms with Crippen LogP contribution >= 0.6 is 46.7 Å². The third kappa shape index (κ3) is 4.22. The van der Waals surface area contributed by atoms with E-state index in [-0.39, 0.29) is 11.7 Å². The SMILES string of the molecule is CSc1nsc(SC)c1C(=O)Nc1ccn(Cc2ccc(F)cc2Cl)n1. The summed E-state index contributed by atoms with van der Waals surface area (Å²) >= 11 is 10.3. The quantitative estimate of drug-likeness (QED) is 0.567. The molecule has 0 aliphatic rings. The molecule has 5 nitrogen and oxygen atoms in total. The molecule has 0 atom stereocenters. The minimum absolute atomic E-state index is 0.238. The summed E-state index contributed by atoms with van der Waals surface area (Å²) in [4.78, 5) is 12.6. The first-order valence-corrected chi connectivity index (χ1v) is 11.0. The number of thioether (sulfide) groups is 2. The third-order valence-electron chi connectivity index (χ3n) is 3.46. The van der Waals surface area contributed by atoms with Crippen LogP contribution in [0.1, 0.15) is 15.9 Å². The highest BCUT2D eigenvalue weighted by atomic mass is 35.5. The fraction of sp³-hybridized carbons (Fsp3) is 0.188. The minimum atomic E-state index is -0.384. The van der Waals surface area contributed by atoms with Gasteiger partial charge in [0.25, 0.3) is 5.91 Å². The van der Waals surface area contributed by atoms with Gasteiger partial charge in [-0.25, -0.2) is 4.39 Å². The lowest BCUT2D eigenvalue weighted by Crippen LogP contribution is -2.14. The van der Waals surface area contributed by atoms with Crippen LogP contribution in [0.25, 0.3) is 0 Å². The number of hydrogen-bond donors (Lipinski definition) is 1. The molecule has 136 valence electrons. The Kier molecular flexibility index (Phi) is 6.23. The maximum Gasteiger partial charge on any atom is 0.261 e. The normalized spacial score (nSPS) is 10.9. The highest BCUT2D eigenvalue weighted by molar-refractivity contribution is 8.01. The van der Waals surface area contributed by atoms with E-state index in [1.807, 2.05) is 12.5 Å². The van der Waals surface area contributed by atoms with Gasteiger partial charge in [-0.3, -0.25) is 9.48 Å². The average molecular weight is 429 g/mol. The van der Waals surface area contributed by atoms with E-state index in [2.05, 4.69) is 14.8 Å². The Balaban J connectivity index is 1.74. The van der Waals surface area contributed by atoms with Crippen molar-refractivity contribution in [2.45, 2.75) is 15.8 Å². The Morgan fingerprint density at radius 2 is 2.15 bits per heavy atom. The van der Waals surface area contributed by atoms with Gasteiger partial charge in [-0.15, -0.1) is 23.5 Å². The molecule has 3 rings (SSSR count). The van der Waals surface area contributed by atoms with E-state index >= 15 is 0 Å². The molecule has 1 aromatic carbocycles. The number of carbonyl (C=O) groups is 1. The van der Waals surface area contributed by atoms with Crippen molar-refractivity contribution >= 4 is 58.4 Å². The van der Waals surface area contributed by atoms with Gasteiger partial charge in [0.1, 0.15) is 10.8 Å². The van der Waals surface area contributed by atoms with E-state index in [0.717, 1.165) is 9.77 Å². The van der Waals surface area contributed by atoms with Gasteiger partial charge in [0.05, 0.1) is 16.3 Å². The number of amides is 1. The lowest BCUT2D eigenvalue weighted by Gasteiger charge is -2.05. The highest BCUT2D eigenvalue weighted by Gasteiger charge is 2.21. The van der Waals surface area contributed by atoms with Crippen LogP contribution in [0.5, 0.6) is 0 Å². The number of anilines is 1.